The Kier molecular flexibility index (Phi) is 9.46. The van der Waals surface area contributed by atoms with Crippen molar-refractivity contribution < 1.29 is 18.4 Å². The topological polar surface area (TPSA) is 40.6 Å². The maximum atomic E-state index is 13.1. The second-order valence-electron chi connectivity index (χ2n) is 8.34. The van der Waals surface area contributed by atoms with Crippen LogP contribution in [0.2, 0.25) is 0 Å². The van der Waals surface area contributed by atoms with Crippen LogP contribution in [0, 0.1) is 11.6 Å². The predicted octanol–water partition coefficient (Wildman–Crippen LogP) is 4.84. The average molecular weight is 431 g/mol. The number of Topliss-reactive ketones (excluding diaryl/α,β-unsaturated/α-hetero) is 2. The lowest BCUT2D eigenvalue weighted by Crippen LogP contribution is -2.36. The van der Waals surface area contributed by atoms with Crippen molar-refractivity contribution in [3.05, 3.63) is 71.3 Å². The molecule has 0 aliphatic carbocycles. The first kappa shape index (κ1) is 24.8. The molecule has 2 unspecified atom stereocenters. The van der Waals surface area contributed by atoms with E-state index in [1.165, 1.54) is 48.5 Å². The summed E-state index contributed by atoms with van der Waals surface area (Å²) in [6.07, 6.45) is 3.98. The van der Waals surface area contributed by atoms with Gasteiger partial charge in [0.1, 0.15) is 11.6 Å². The van der Waals surface area contributed by atoms with Gasteiger partial charge < -0.3 is 0 Å². The van der Waals surface area contributed by atoms with Gasteiger partial charge >= 0.3 is 0 Å². The Morgan fingerprint density at radius 1 is 0.645 bits per heavy atom. The fourth-order valence-corrected chi connectivity index (χ4v) is 3.71. The van der Waals surface area contributed by atoms with Gasteiger partial charge in [0.15, 0.2) is 11.6 Å². The van der Waals surface area contributed by atoms with Crippen LogP contribution in [-0.4, -0.2) is 61.6 Å². The van der Waals surface area contributed by atoms with Crippen LogP contribution < -0.4 is 0 Å². The molecule has 2 atom stereocenters. The number of halogens is 2. The zero-order valence-corrected chi connectivity index (χ0v) is 18.8. The highest BCUT2D eigenvalue weighted by Crippen LogP contribution is 2.18. The molecule has 4 nitrogen and oxygen atoms in total. The number of likely N-dealkylation sites (N-methyl/N-ethyl adjacent to an activating group) is 2. The number of unbranched alkanes of at least 4 members (excludes halogenated alkanes) is 2. The van der Waals surface area contributed by atoms with Crippen molar-refractivity contribution in [3.63, 3.8) is 0 Å². The fraction of sp³-hybridized carbons (Fsp3) is 0.440. The molecule has 31 heavy (non-hydrogen) atoms. The largest absolute Gasteiger partial charge is 0.299 e. The fourth-order valence-electron chi connectivity index (χ4n) is 3.71. The van der Waals surface area contributed by atoms with Gasteiger partial charge in [0, 0.05) is 11.1 Å². The summed E-state index contributed by atoms with van der Waals surface area (Å²) < 4.78 is 26.3. The summed E-state index contributed by atoms with van der Waals surface area (Å²) in [5, 5.41) is 0. The summed E-state index contributed by atoms with van der Waals surface area (Å²) in [6.45, 7) is 0. The van der Waals surface area contributed by atoms with E-state index in [1.54, 1.807) is 0 Å². The molecule has 0 aliphatic heterocycles. The van der Waals surface area contributed by atoms with Crippen LogP contribution in [0.25, 0.3) is 0 Å². The Hall–Kier alpha value is -2.44. The molecular formula is C25H32F2N2O2. The Labute approximate surface area is 183 Å². The summed E-state index contributed by atoms with van der Waals surface area (Å²) >= 11 is 0. The van der Waals surface area contributed by atoms with Gasteiger partial charge in [0.25, 0.3) is 0 Å². The molecule has 168 valence electrons. The molecular weight excluding hydrogens is 398 g/mol. The molecule has 0 saturated carbocycles. The third-order valence-corrected chi connectivity index (χ3v) is 5.56. The van der Waals surface area contributed by atoms with Crippen molar-refractivity contribution in [3.8, 4) is 0 Å². The number of hydrogen-bond donors (Lipinski definition) is 0. The molecule has 0 saturated heterocycles. The van der Waals surface area contributed by atoms with Crippen molar-refractivity contribution in [2.45, 2.75) is 44.2 Å². The second kappa shape index (κ2) is 11.8. The molecule has 0 fully saturated rings. The number of carbonyl (C=O) groups is 2. The molecule has 0 aliphatic rings. The highest BCUT2D eigenvalue weighted by atomic mass is 19.1. The lowest BCUT2D eigenvalue weighted by atomic mass is 9.95. The van der Waals surface area contributed by atoms with Gasteiger partial charge in [-0.3, -0.25) is 19.4 Å². The lowest BCUT2D eigenvalue weighted by Gasteiger charge is -2.24. The first-order valence-electron chi connectivity index (χ1n) is 10.6. The SMILES string of the molecule is CN(C)C(CCCCCC(C(=O)c1ccc(F)cc1)N(C)C)C(=O)c1ccc(F)cc1. The van der Waals surface area contributed by atoms with Gasteiger partial charge in [-0.2, -0.15) is 0 Å². The molecule has 2 aromatic rings. The standard InChI is InChI=1S/C25H32F2N2O2/c1-28(2)22(24(30)18-10-14-20(26)15-11-18)8-6-5-7-9-23(29(3)4)25(31)19-12-16-21(27)17-13-19/h10-17,22-23H,5-9H2,1-4H3. The van der Waals surface area contributed by atoms with E-state index in [0.717, 1.165) is 19.3 Å². The van der Waals surface area contributed by atoms with E-state index in [1.807, 2.05) is 38.0 Å². The highest BCUT2D eigenvalue weighted by Gasteiger charge is 2.23. The molecule has 0 spiro atoms. The highest BCUT2D eigenvalue weighted by molar-refractivity contribution is 6.00. The minimum atomic E-state index is -0.358. The van der Waals surface area contributed by atoms with Crippen LogP contribution in [0.1, 0.15) is 52.8 Å². The Balaban J connectivity index is 1.87. The Bertz CT molecular complexity index is 777. The smallest absolute Gasteiger partial charge is 0.179 e. The zero-order chi connectivity index (χ0) is 23.0. The van der Waals surface area contributed by atoms with Crippen LogP contribution in [0.15, 0.2) is 48.5 Å². The molecule has 0 heterocycles. The van der Waals surface area contributed by atoms with Gasteiger partial charge in [0.05, 0.1) is 12.1 Å². The van der Waals surface area contributed by atoms with Crippen molar-refractivity contribution >= 4 is 11.6 Å². The number of hydrogen-bond acceptors (Lipinski definition) is 4. The number of ketones is 2. The van der Waals surface area contributed by atoms with Crippen LogP contribution in [-0.2, 0) is 0 Å². The second-order valence-corrected chi connectivity index (χ2v) is 8.34. The first-order valence-corrected chi connectivity index (χ1v) is 10.6. The number of rotatable bonds is 12. The molecule has 0 N–H and O–H groups in total. The minimum absolute atomic E-state index is 0.0114. The van der Waals surface area contributed by atoms with Gasteiger partial charge in [-0.15, -0.1) is 0 Å². The van der Waals surface area contributed by atoms with E-state index >= 15 is 0 Å². The maximum Gasteiger partial charge on any atom is 0.179 e. The third-order valence-electron chi connectivity index (χ3n) is 5.56. The molecule has 2 aromatic carbocycles. The summed E-state index contributed by atoms with van der Waals surface area (Å²) in [6, 6.07) is 10.8. The molecule has 0 aromatic heterocycles. The minimum Gasteiger partial charge on any atom is -0.299 e. The van der Waals surface area contributed by atoms with Crippen LogP contribution in [0.4, 0.5) is 8.78 Å². The van der Waals surface area contributed by atoms with E-state index in [0.29, 0.717) is 24.0 Å². The van der Waals surface area contributed by atoms with Crippen molar-refractivity contribution in [1.82, 2.24) is 9.80 Å². The van der Waals surface area contributed by atoms with Crippen molar-refractivity contribution in [2.75, 3.05) is 28.2 Å². The quantitative estimate of drug-likeness (QED) is 0.357. The van der Waals surface area contributed by atoms with E-state index in [2.05, 4.69) is 0 Å². The van der Waals surface area contributed by atoms with E-state index in [4.69, 9.17) is 0 Å². The van der Waals surface area contributed by atoms with Crippen molar-refractivity contribution in [2.24, 2.45) is 0 Å². The van der Waals surface area contributed by atoms with Gasteiger partial charge in [-0.25, -0.2) is 8.78 Å². The number of carbonyl (C=O) groups excluding carboxylic acids is 2. The molecule has 2 rings (SSSR count). The summed E-state index contributed by atoms with van der Waals surface area (Å²) in [5.74, 6) is -0.738. The van der Waals surface area contributed by atoms with Crippen LogP contribution >= 0.6 is 0 Å². The van der Waals surface area contributed by atoms with Gasteiger partial charge in [-0.05, 0) is 89.6 Å². The Morgan fingerprint density at radius 3 is 1.26 bits per heavy atom. The summed E-state index contributed by atoms with van der Waals surface area (Å²) in [4.78, 5) is 29.4. The molecule has 0 radical (unpaired) electrons. The maximum absolute atomic E-state index is 13.1. The first-order chi connectivity index (χ1) is 14.7. The van der Waals surface area contributed by atoms with E-state index < -0.39 is 0 Å². The number of nitrogens with zero attached hydrogens (tertiary/aromatic N) is 2. The van der Waals surface area contributed by atoms with Crippen LogP contribution in [0.5, 0.6) is 0 Å². The van der Waals surface area contributed by atoms with Gasteiger partial charge in [-0.1, -0.05) is 19.3 Å². The molecule has 0 bridgehead atoms. The predicted molar refractivity (Wildman–Crippen MR) is 119 cm³/mol. The lowest BCUT2D eigenvalue weighted by molar-refractivity contribution is 0.0863. The Morgan fingerprint density at radius 2 is 0.968 bits per heavy atom. The van der Waals surface area contributed by atoms with Gasteiger partial charge in [0.2, 0.25) is 0 Å². The summed E-state index contributed by atoms with van der Waals surface area (Å²) in [7, 11) is 7.48. The van der Waals surface area contributed by atoms with Crippen LogP contribution in [0.3, 0.4) is 0 Å². The summed E-state index contributed by atoms with van der Waals surface area (Å²) in [5.41, 5.74) is 1.02. The van der Waals surface area contributed by atoms with E-state index in [-0.39, 0.29) is 35.3 Å². The normalized spacial score (nSPS) is 13.4. The zero-order valence-electron chi connectivity index (χ0n) is 18.8. The number of benzene rings is 2. The van der Waals surface area contributed by atoms with Crippen molar-refractivity contribution in [1.29, 1.82) is 0 Å². The molecule has 6 heteroatoms. The van der Waals surface area contributed by atoms with E-state index in [9.17, 15) is 18.4 Å². The monoisotopic (exact) mass is 430 g/mol. The molecule has 0 amide bonds. The average Bonchev–Trinajstić information content (AvgIpc) is 2.73. The third kappa shape index (κ3) is 7.33.